The fourth-order valence-electron chi connectivity index (χ4n) is 2.94. The van der Waals surface area contributed by atoms with Gasteiger partial charge in [0.1, 0.15) is 5.75 Å². The Morgan fingerprint density at radius 1 is 1.44 bits per heavy atom. The summed E-state index contributed by atoms with van der Waals surface area (Å²) in [7, 11) is 1.65. The fourth-order valence-corrected chi connectivity index (χ4v) is 2.94. The molecule has 1 heterocycles. The predicted octanol–water partition coefficient (Wildman–Crippen LogP) is 2.94. The normalized spacial score (nSPS) is 18.2. The first-order chi connectivity index (χ1) is 8.60. The first-order valence-electron chi connectivity index (χ1n) is 6.56. The van der Waals surface area contributed by atoms with E-state index in [1.54, 1.807) is 7.11 Å². The van der Waals surface area contributed by atoms with E-state index in [4.69, 9.17) is 4.74 Å². The Morgan fingerprint density at radius 2 is 2.17 bits per heavy atom. The molecule has 3 heteroatoms. The van der Waals surface area contributed by atoms with Crippen molar-refractivity contribution in [3.63, 3.8) is 0 Å². The summed E-state index contributed by atoms with van der Waals surface area (Å²) >= 11 is 0. The van der Waals surface area contributed by atoms with Gasteiger partial charge in [0.15, 0.2) is 0 Å². The number of fused-ring (bicyclic) bond motifs is 1. The Hall–Kier alpha value is -1.51. The minimum Gasteiger partial charge on any atom is -0.496 e. The lowest BCUT2D eigenvalue weighted by molar-refractivity contribution is 0.0937. The summed E-state index contributed by atoms with van der Waals surface area (Å²) in [5.74, 6) is 1.28. The van der Waals surface area contributed by atoms with Gasteiger partial charge in [-0.25, -0.2) is 0 Å². The summed E-state index contributed by atoms with van der Waals surface area (Å²) in [6.45, 7) is 6.97. The molecular formula is C15H21NO2. The van der Waals surface area contributed by atoms with Crippen molar-refractivity contribution in [2.75, 3.05) is 13.7 Å². The van der Waals surface area contributed by atoms with Crippen molar-refractivity contribution >= 4 is 5.91 Å². The first kappa shape index (κ1) is 12.9. The number of nitrogens with one attached hydrogen (secondary N) is 1. The third-order valence-corrected chi connectivity index (χ3v) is 3.79. The maximum atomic E-state index is 12.1. The second-order valence-corrected chi connectivity index (χ2v) is 5.01. The van der Waals surface area contributed by atoms with Gasteiger partial charge >= 0.3 is 0 Å². The van der Waals surface area contributed by atoms with E-state index in [0.29, 0.717) is 5.92 Å². The van der Waals surface area contributed by atoms with E-state index in [2.05, 4.69) is 25.2 Å². The molecule has 0 saturated carbocycles. The lowest BCUT2D eigenvalue weighted by Gasteiger charge is -2.29. The number of methoxy groups -OCH3 is 1. The van der Waals surface area contributed by atoms with Crippen molar-refractivity contribution in [1.82, 2.24) is 5.32 Å². The van der Waals surface area contributed by atoms with Crippen molar-refractivity contribution < 1.29 is 9.53 Å². The molecule has 0 aromatic heterocycles. The van der Waals surface area contributed by atoms with Crippen molar-refractivity contribution in [2.24, 2.45) is 0 Å². The van der Waals surface area contributed by atoms with E-state index >= 15 is 0 Å². The SMILES string of the molecule is CCCC1CNC(=O)c2c(C)c(OC)cc(C)c21. The Labute approximate surface area is 109 Å². The number of aryl methyl sites for hydroxylation is 1. The van der Waals surface area contributed by atoms with Gasteiger partial charge in [-0.05, 0) is 37.5 Å². The van der Waals surface area contributed by atoms with E-state index in [-0.39, 0.29) is 5.91 Å². The van der Waals surface area contributed by atoms with Crippen LogP contribution in [0.2, 0.25) is 0 Å². The summed E-state index contributed by atoms with van der Waals surface area (Å²) in [6, 6.07) is 2.05. The van der Waals surface area contributed by atoms with Gasteiger partial charge in [0.2, 0.25) is 0 Å². The van der Waals surface area contributed by atoms with E-state index in [0.717, 1.165) is 36.3 Å². The van der Waals surface area contributed by atoms with Gasteiger partial charge in [0.05, 0.1) is 7.11 Å². The quantitative estimate of drug-likeness (QED) is 0.891. The molecule has 18 heavy (non-hydrogen) atoms. The Balaban J connectivity index is 2.62. The molecule has 0 aliphatic carbocycles. The van der Waals surface area contributed by atoms with Crippen molar-refractivity contribution in [1.29, 1.82) is 0 Å². The van der Waals surface area contributed by atoms with Gasteiger partial charge in [0.25, 0.3) is 5.91 Å². The molecule has 3 nitrogen and oxygen atoms in total. The zero-order valence-electron chi connectivity index (χ0n) is 11.6. The molecule has 0 bridgehead atoms. The molecule has 1 N–H and O–H groups in total. The molecule has 0 spiro atoms. The number of hydrogen-bond acceptors (Lipinski definition) is 2. The Morgan fingerprint density at radius 3 is 2.78 bits per heavy atom. The van der Waals surface area contributed by atoms with Crippen LogP contribution in [0.25, 0.3) is 0 Å². The van der Waals surface area contributed by atoms with Crippen LogP contribution in [0.5, 0.6) is 5.75 Å². The number of ether oxygens (including phenoxy) is 1. The minimum atomic E-state index is 0.0388. The highest BCUT2D eigenvalue weighted by molar-refractivity contribution is 5.99. The molecule has 1 aliphatic rings. The third-order valence-electron chi connectivity index (χ3n) is 3.79. The van der Waals surface area contributed by atoms with Crippen LogP contribution in [0.15, 0.2) is 6.07 Å². The van der Waals surface area contributed by atoms with E-state index in [9.17, 15) is 4.79 Å². The van der Waals surface area contributed by atoms with Gasteiger partial charge in [0, 0.05) is 23.6 Å². The maximum absolute atomic E-state index is 12.1. The summed E-state index contributed by atoms with van der Waals surface area (Å²) in [6.07, 6.45) is 2.24. The number of amides is 1. The highest BCUT2D eigenvalue weighted by Gasteiger charge is 2.29. The molecule has 0 fully saturated rings. The van der Waals surface area contributed by atoms with Gasteiger partial charge < -0.3 is 10.1 Å². The average Bonchev–Trinajstić information content (AvgIpc) is 2.36. The first-order valence-corrected chi connectivity index (χ1v) is 6.56. The summed E-state index contributed by atoms with van der Waals surface area (Å²) in [5, 5.41) is 3.00. The standard InChI is InChI=1S/C15H21NO2/c1-5-6-11-8-16-15(17)14-10(3)12(18-4)7-9(2)13(11)14/h7,11H,5-6,8H2,1-4H3,(H,16,17). The minimum absolute atomic E-state index is 0.0388. The van der Waals surface area contributed by atoms with E-state index in [1.807, 2.05) is 6.92 Å². The van der Waals surface area contributed by atoms with Gasteiger partial charge in [-0.2, -0.15) is 0 Å². The molecular weight excluding hydrogens is 226 g/mol. The van der Waals surface area contributed by atoms with Crippen molar-refractivity contribution in [3.8, 4) is 5.75 Å². The topological polar surface area (TPSA) is 38.3 Å². The van der Waals surface area contributed by atoms with Crippen LogP contribution >= 0.6 is 0 Å². The summed E-state index contributed by atoms with van der Waals surface area (Å²) in [5.41, 5.74) is 4.17. The van der Waals surface area contributed by atoms with Crippen LogP contribution in [0.3, 0.4) is 0 Å². The number of benzene rings is 1. The second kappa shape index (κ2) is 5.01. The number of rotatable bonds is 3. The van der Waals surface area contributed by atoms with Crippen LogP contribution < -0.4 is 10.1 Å². The zero-order chi connectivity index (χ0) is 13.3. The van der Waals surface area contributed by atoms with Crippen LogP contribution in [0, 0.1) is 13.8 Å². The van der Waals surface area contributed by atoms with Crippen LogP contribution in [0.4, 0.5) is 0 Å². The number of carbonyl (C=O) groups excluding carboxylic acids is 1. The van der Waals surface area contributed by atoms with Crippen molar-refractivity contribution in [2.45, 2.75) is 39.5 Å². The molecule has 98 valence electrons. The van der Waals surface area contributed by atoms with Gasteiger partial charge in [-0.3, -0.25) is 4.79 Å². The maximum Gasteiger partial charge on any atom is 0.252 e. The fraction of sp³-hybridized carbons (Fsp3) is 0.533. The molecule has 0 saturated heterocycles. The van der Waals surface area contributed by atoms with Crippen LogP contribution in [0.1, 0.15) is 52.7 Å². The molecule has 1 atom stereocenters. The second-order valence-electron chi connectivity index (χ2n) is 5.01. The molecule has 1 aromatic carbocycles. The van der Waals surface area contributed by atoms with Gasteiger partial charge in [-0.1, -0.05) is 13.3 Å². The largest absolute Gasteiger partial charge is 0.496 e. The third kappa shape index (κ3) is 1.98. The monoisotopic (exact) mass is 247 g/mol. The zero-order valence-corrected chi connectivity index (χ0v) is 11.6. The smallest absolute Gasteiger partial charge is 0.252 e. The summed E-state index contributed by atoms with van der Waals surface area (Å²) < 4.78 is 5.36. The average molecular weight is 247 g/mol. The lowest BCUT2D eigenvalue weighted by Crippen LogP contribution is -2.36. The van der Waals surface area contributed by atoms with E-state index < -0.39 is 0 Å². The molecule has 1 amide bonds. The molecule has 0 radical (unpaired) electrons. The molecule has 1 unspecified atom stereocenters. The molecule has 1 aromatic rings. The number of carbonyl (C=O) groups is 1. The highest BCUT2D eigenvalue weighted by Crippen LogP contribution is 2.36. The molecule has 2 rings (SSSR count). The number of hydrogen-bond donors (Lipinski definition) is 1. The van der Waals surface area contributed by atoms with Crippen LogP contribution in [-0.4, -0.2) is 19.6 Å². The van der Waals surface area contributed by atoms with Crippen molar-refractivity contribution in [3.05, 3.63) is 28.3 Å². The Kier molecular flexibility index (Phi) is 3.60. The van der Waals surface area contributed by atoms with Crippen LogP contribution in [-0.2, 0) is 0 Å². The van der Waals surface area contributed by atoms with Gasteiger partial charge in [-0.15, -0.1) is 0 Å². The highest BCUT2D eigenvalue weighted by atomic mass is 16.5. The molecule has 1 aliphatic heterocycles. The lowest BCUT2D eigenvalue weighted by atomic mass is 9.82. The Bertz CT molecular complexity index is 480. The van der Waals surface area contributed by atoms with E-state index in [1.165, 1.54) is 11.1 Å². The predicted molar refractivity (Wildman–Crippen MR) is 72.5 cm³/mol. The summed E-state index contributed by atoms with van der Waals surface area (Å²) in [4.78, 5) is 12.1.